The van der Waals surface area contributed by atoms with Crippen molar-refractivity contribution in [1.82, 2.24) is 19.9 Å². The van der Waals surface area contributed by atoms with Crippen LogP contribution in [0, 0.1) is 13.8 Å². The van der Waals surface area contributed by atoms with Gasteiger partial charge < -0.3 is 10.6 Å². The zero-order valence-electron chi connectivity index (χ0n) is 15.5. The summed E-state index contributed by atoms with van der Waals surface area (Å²) in [6.45, 7) is 7.71. The Kier molecular flexibility index (Phi) is 7.21. The van der Waals surface area contributed by atoms with Crippen LogP contribution in [-0.2, 0) is 16.4 Å². The van der Waals surface area contributed by atoms with Crippen LogP contribution >= 0.6 is 11.3 Å². The summed E-state index contributed by atoms with van der Waals surface area (Å²) in [6, 6.07) is 0.252. The first-order valence-corrected chi connectivity index (χ1v) is 11.2. The molecule has 1 aromatic heterocycles. The Morgan fingerprint density at radius 1 is 1.36 bits per heavy atom. The van der Waals surface area contributed by atoms with Crippen LogP contribution in [0.2, 0.25) is 0 Å². The van der Waals surface area contributed by atoms with E-state index in [0.717, 1.165) is 42.5 Å². The molecular weight excluding hydrogens is 358 g/mol. The highest BCUT2D eigenvalue weighted by Crippen LogP contribution is 2.17. The van der Waals surface area contributed by atoms with Gasteiger partial charge in [-0.3, -0.25) is 4.99 Å². The molecule has 0 saturated carbocycles. The lowest BCUT2D eigenvalue weighted by atomic mass is 10.1. The van der Waals surface area contributed by atoms with Gasteiger partial charge in [0, 0.05) is 44.0 Å². The highest BCUT2D eigenvalue weighted by molar-refractivity contribution is 7.89. The van der Waals surface area contributed by atoms with Gasteiger partial charge in [-0.25, -0.2) is 17.7 Å². The normalized spacial score (nSPS) is 17.7. The molecule has 2 N–H and O–H groups in total. The van der Waals surface area contributed by atoms with Crippen molar-refractivity contribution in [3.05, 3.63) is 15.6 Å². The molecule has 0 radical (unpaired) electrons. The van der Waals surface area contributed by atoms with Crippen molar-refractivity contribution < 1.29 is 8.42 Å². The molecule has 1 fully saturated rings. The van der Waals surface area contributed by atoms with Gasteiger partial charge in [0.15, 0.2) is 5.96 Å². The van der Waals surface area contributed by atoms with Crippen molar-refractivity contribution in [3.63, 3.8) is 0 Å². The van der Waals surface area contributed by atoms with Crippen molar-refractivity contribution in [1.29, 1.82) is 0 Å². The molecule has 2 rings (SSSR count). The van der Waals surface area contributed by atoms with Gasteiger partial charge in [0.1, 0.15) is 0 Å². The van der Waals surface area contributed by atoms with Crippen LogP contribution in [0.15, 0.2) is 4.99 Å². The molecule has 142 valence electrons. The number of rotatable bonds is 6. The first kappa shape index (κ1) is 20.1. The number of hydrogen-bond acceptors (Lipinski definition) is 5. The third-order valence-corrected chi connectivity index (χ3v) is 7.43. The lowest BCUT2D eigenvalue weighted by Crippen LogP contribution is -2.50. The summed E-state index contributed by atoms with van der Waals surface area (Å²) in [5, 5.41) is 7.85. The van der Waals surface area contributed by atoms with E-state index < -0.39 is 10.0 Å². The van der Waals surface area contributed by atoms with E-state index in [2.05, 4.69) is 20.6 Å². The van der Waals surface area contributed by atoms with Crippen molar-refractivity contribution >= 4 is 27.3 Å². The van der Waals surface area contributed by atoms with Crippen molar-refractivity contribution in [2.75, 3.05) is 32.4 Å². The van der Waals surface area contributed by atoms with Gasteiger partial charge in [-0.1, -0.05) is 0 Å². The second-order valence-corrected chi connectivity index (χ2v) is 9.75. The van der Waals surface area contributed by atoms with E-state index in [1.165, 1.54) is 4.88 Å². The molecule has 7 nitrogen and oxygen atoms in total. The van der Waals surface area contributed by atoms with E-state index in [9.17, 15) is 8.42 Å². The van der Waals surface area contributed by atoms with Crippen LogP contribution in [0.3, 0.4) is 0 Å². The maximum absolute atomic E-state index is 11.9. The Morgan fingerprint density at radius 3 is 2.56 bits per heavy atom. The summed E-state index contributed by atoms with van der Waals surface area (Å²) in [5.41, 5.74) is 1.11. The molecule has 0 aliphatic carbocycles. The molecule has 0 amide bonds. The maximum atomic E-state index is 11.9. The fourth-order valence-corrected chi connectivity index (χ4v) is 5.02. The lowest BCUT2D eigenvalue weighted by Gasteiger charge is -2.32. The summed E-state index contributed by atoms with van der Waals surface area (Å²) in [6.07, 6.45) is 2.52. The Hall–Kier alpha value is -1.19. The molecule has 1 aliphatic heterocycles. The quantitative estimate of drug-likeness (QED) is 0.567. The van der Waals surface area contributed by atoms with Gasteiger partial charge in [0.2, 0.25) is 10.0 Å². The number of hydrogen-bond donors (Lipinski definition) is 2. The Morgan fingerprint density at radius 2 is 2.04 bits per heavy atom. The molecule has 0 unspecified atom stereocenters. The molecule has 0 atom stereocenters. The Labute approximate surface area is 155 Å². The van der Waals surface area contributed by atoms with E-state index >= 15 is 0 Å². The van der Waals surface area contributed by atoms with E-state index in [1.54, 1.807) is 29.6 Å². The number of aryl methyl sites for hydroxylation is 2. The number of thiazole rings is 1. The van der Waals surface area contributed by atoms with Crippen LogP contribution < -0.4 is 10.6 Å². The minimum atomic E-state index is -3.07. The van der Waals surface area contributed by atoms with Gasteiger partial charge in [-0.15, -0.1) is 11.3 Å². The molecule has 9 heteroatoms. The SMILES string of the molecule is CCS(=O)(=O)N1CCC(NC(=NC)NCCc2sc(C)nc2C)CC1. The summed E-state index contributed by atoms with van der Waals surface area (Å²) in [5.74, 6) is 0.945. The zero-order chi connectivity index (χ0) is 18.4. The van der Waals surface area contributed by atoms with Crippen molar-refractivity contribution in [2.45, 2.75) is 46.1 Å². The number of guanidine groups is 1. The molecular formula is C16H29N5O2S2. The second-order valence-electron chi connectivity index (χ2n) is 6.21. The van der Waals surface area contributed by atoms with E-state index in [1.807, 2.05) is 13.8 Å². The molecule has 0 bridgehead atoms. The minimum Gasteiger partial charge on any atom is -0.356 e. The van der Waals surface area contributed by atoms with Crippen LogP contribution in [-0.4, -0.2) is 62.1 Å². The highest BCUT2D eigenvalue weighted by atomic mass is 32.2. The predicted octanol–water partition coefficient (Wildman–Crippen LogP) is 1.28. The highest BCUT2D eigenvalue weighted by Gasteiger charge is 2.26. The van der Waals surface area contributed by atoms with Gasteiger partial charge in [-0.2, -0.15) is 0 Å². The topological polar surface area (TPSA) is 86.7 Å². The average molecular weight is 388 g/mol. The van der Waals surface area contributed by atoms with Gasteiger partial charge in [-0.05, 0) is 33.6 Å². The van der Waals surface area contributed by atoms with Crippen LogP contribution in [0.25, 0.3) is 0 Å². The molecule has 0 spiro atoms. The fraction of sp³-hybridized carbons (Fsp3) is 0.750. The number of nitrogens with one attached hydrogen (secondary N) is 2. The zero-order valence-corrected chi connectivity index (χ0v) is 17.1. The smallest absolute Gasteiger partial charge is 0.213 e. The van der Waals surface area contributed by atoms with Gasteiger partial charge in [0.25, 0.3) is 0 Å². The van der Waals surface area contributed by atoms with Crippen LogP contribution in [0.4, 0.5) is 0 Å². The van der Waals surface area contributed by atoms with Crippen molar-refractivity contribution in [2.24, 2.45) is 4.99 Å². The van der Waals surface area contributed by atoms with E-state index in [-0.39, 0.29) is 11.8 Å². The van der Waals surface area contributed by atoms with Crippen LogP contribution in [0.5, 0.6) is 0 Å². The number of nitrogens with zero attached hydrogens (tertiary/aromatic N) is 3. The Balaban J connectivity index is 1.76. The number of aliphatic imine (C=N–C) groups is 1. The average Bonchev–Trinajstić information content (AvgIpc) is 2.92. The summed E-state index contributed by atoms with van der Waals surface area (Å²) < 4.78 is 25.4. The number of aromatic nitrogens is 1. The first-order valence-electron chi connectivity index (χ1n) is 8.73. The second kappa shape index (κ2) is 8.95. The molecule has 1 saturated heterocycles. The minimum absolute atomic E-state index is 0.171. The van der Waals surface area contributed by atoms with Crippen molar-refractivity contribution in [3.8, 4) is 0 Å². The molecule has 1 aromatic rings. The van der Waals surface area contributed by atoms with Gasteiger partial charge in [0.05, 0.1) is 16.5 Å². The third-order valence-electron chi connectivity index (χ3n) is 4.42. The standard InChI is InChI=1S/C16H29N5O2S2/c1-5-25(22,23)21-10-7-14(8-11-21)20-16(17-4)18-9-6-15-12(2)19-13(3)24-15/h14H,5-11H2,1-4H3,(H2,17,18,20). The molecule has 1 aliphatic rings. The number of piperidine rings is 1. The van der Waals surface area contributed by atoms with Crippen LogP contribution in [0.1, 0.15) is 35.3 Å². The largest absolute Gasteiger partial charge is 0.356 e. The predicted molar refractivity (Wildman–Crippen MR) is 104 cm³/mol. The molecule has 2 heterocycles. The number of sulfonamides is 1. The fourth-order valence-electron chi connectivity index (χ4n) is 2.95. The Bertz CT molecular complexity index is 691. The third kappa shape index (κ3) is 5.65. The molecule has 0 aromatic carbocycles. The monoisotopic (exact) mass is 387 g/mol. The molecule has 25 heavy (non-hydrogen) atoms. The first-order chi connectivity index (χ1) is 11.9. The maximum Gasteiger partial charge on any atom is 0.213 e. The van der Waals surface area contributed by atoms with E-state index in [4.69, 9.17) is 0 Å². The summed E-state index contributed by atoms with van der Waals surface area (Å²) in [4.78, 5) is 10.0. The lowest BCUT2D eigenvalue weighted by molar-refractivity contribution is 0.306. The summed E-state index contributed by atoms with van der Waals surface area (Å²) in [7, 11) is -1.31. The van der Waals surface area contributed by atoms with Gasteiger partial charge >= 0.3 is 0 Å². The van der Waals surface area contributed by atoms with E-state index in [0.29, 0.717) is 13.1 Å². The summed E-state index contributed by atoms with van der Waals surface area (Å²) >= 11 is 1.74.